The normalized spacial score (nSPS) is 18.9. The number of piperidine rings is 1. The number of thioether (sulfide) groups is 1. The van der Waals surface area contributed by atoms with Crippen LogP contribution >= 0.6 is 23.4 Å². The minimum absolute atomic E-state index is 0.829. The summed E-state index contributed by atoms with van der Waals surface area (Å²) in [5.74, 6) is 1.09. The lowest BCUT2D eigenvalue weighted by Crippen LogP contribution is -2.31. The summed E-state index contributed by atoms with van der Waals surface area (Å²) < 4.78 is 0. The van der Waals surface area contributed by atoms with E-state index in [-0.39, 0.29) is 0 Å². The first-order chi connectivity index (χ1) is 7.74. The Kier molecular flexibility index (Phi) is 4.56. The molecule has 0 saturated carbocycles. The maximum atomic E-state index is 5.97. The van der Waals surface area contributed by atoms with E-state index in [1.165, 1.54) is 31.5 Å². The number of hydrogen-bond donors (Lipinski definition) is 0. The molecule has 1 fully saturated rings. The molecular weight excluding hydrogens is 238 g/mol. The smallest absolute Gasteiger partial charge is 0.0409 e. The van der Waals surface area contributed by atoms with Gasteiger partial charge in [-0.25, -0.2) is 0 Å². The Morgan fingerprint density at radius 1 is 1.38 bits per heavy atom. The zero-order valence-electron chi connectivity index (χ0n) is 9.66. The molecule has 1 nitrogen and oxygen atoms in total. The van der Waals surface area contributed by atoms with Crippen molar-refractivity contribution in [1.29, 1.82) is 0 Å². The van der Waals surface area contributed by atoms with Gasteiger partial charge >= 0.3 is 0 Å². The van der Waals surface area contributed by atoms with E-state index in [2.05, 4.69) is 35.8 Å². The fourth-order valence-electron chi connectivity index (χ4n) is 1.99. The van der Waals surface area contributed by atoms with Crippen LogP contribution in [0, 0.1) is 0 Å². The molecule has 0 aliphatic carbocycles. The van der Waals surface area contributed by atoms with Crippen LogP contribution in [0.2, 0.25) is 5.02 Å². The molecular formula is C13H18ClNS. The molecule has 0 unspecified atom stereocenters. The SMILES string of the molecule is CN1CCC(SCc2cccc(Cl)c2)CC1. The topological polar surface area (TPSA) is 3.24 Å². The van der Waals surface area contributed by atoms with Crippen LogP contribution < -0.4 is 0 Å². The Bertz CT molecular complexity index is 334. The number of rotatable bonds is 3. The largest absolute Gasteiger partial charge is 0.306 e. The molecule has 0 N–H and O–H groups in total. The minimum Gasteiger partial charge on any atom is -0.306 e. The third-order valence-electron chi connectivity index (χ3n) is 3.04. The molecule has 0 radical (unpaired) electrons. The van der Waals surface area contributed by atoms with Crippen molar-refractivity contribution in [3.8, 4) is 0 Å². The van der Waals surface area contributed by atoms with Gasteiger partial charge in [-0.3, -0.25) is 0 Å². The van der Waals surface area contributed by atoms with E-state index in [9.17, 15) is 0 Å². The van der Waals surface area contributed by atoms with Gasteiger partial charge in [0.1, 0.15) is 0 Å². The Hall–Kier alpha value is -0.180. The maximum Gasteiger partial charge on any atom is 0.0409 e. The lowest BCUT2D eigenvalue weighted by atomic mass is 10.1. The van der Waals surface area contributed by atoms with Crippen LogP contribution in [-0.4, -0.2) is 30.3 Å². The highest BCUT2D eigenvalue weighted by Crippen LogP contribution is 2.26. The van der Waals surface area contributed by atoms with Crippen LogP contribution in [0.25, 0.3) is 0 Å². The van der Waals surface area contributed by atoms with Gasteiger partial charge in [0, 0.05) is 16.0 Å². The van der Waals surface area contributed by atoms with E-state index in [1.807, 2.05) is 12.1 Å². The second kappa shape index (κ2) is 5.95. The van der Waals surface area contributed by atoms with Gasteiger partial charge in [0.05, 0.1) is 0 Å². The number of nitrogens with zero attached hydrogens (tertiary/aromatic N) is 1. The van der Waals surface area contributed by atoms with Crippen molar-refractivity contribution in [3.05, 3.63) is 34.9 Å². The predicted molar refractivity (Wildman–Crippen MR) is 73.3 cm³/mol. The van der Waals surface area contributed by atoms with Gasteiger partial charge in [-0.15, -0.1) is 0 Å². The molecule has 3 heteroatoms. The van der Waals surface area contributed by atoms with Crippen LogP contribution in [-0.2, 0) is 5.75 Å². The van der Waals surface area contributed by atoms with Gasteiger partial charge in [-0.2, -0.15) is 11.8 Å². The molecule has 1 aromatic rings. The highest BCUT2D eigenvalue weighted by molar-refractivity contribution is 7.99. The summed E-state index contributed by atoms with van der Waals surface area (Å²) in [6.45, 7) is 2.49. The quantitative estimate of drug-likeness (QED) is 0.811. The highest BCUT2D eigenvalue weighted by Gasteiger charge is 2.16. The monoisotopic (exact) mass is 255 g/mol. The molecule has 88 valence electrons. The predicted octanol–water partition coefficient (Wildman–Crippen LogP) is 3.67. The highest BCUT2D eigenvalue weighted by atomic mass is 35.5. The first kappa shape index (κ1) is 12.3. The molecule has 2 rings (SSSR count). The Morgan fingerprint density at radius 2 is 2.12 bits per heavy atom. The molecule has 1 saturated heterocycles. The van der Waals surface area contributed by atoms with E-state index < -0.39 is 0 Å². The minimum atomic E-state index is 0.829. The molecule has 0 spiro atoms. The Labute approximate surface area is 107 Å². The standard InChI is InChI=1S/C13H18ClNS/c1-15-7-5-13(6-8-15)16-10-11-3-2-4-12(14)9-11/h2-4,9,13H,5-8,10H2,1H3. The summed E-state index contributed by atoms with van der Waals surface area (Å²) in [6, 6.07) is 8.20. The number of likely N-dealkylation sites (tertiary alicyclic amines) is 1. The van der Waals surface area contributed by atoms with Crippen molar-refractivity contribution in [2.75, 3.05) is 20.1 Å². The van der Waals surface area contributed by atoms with E-state index in [0.29, 0.717) is 0 Å². The Balaban J connectivity index is 1.79. The fourth-order valence-corrected chi connectivity index (χ4v) is 3.36. The summed E-state index contributed by atoms with van der Waals surface area (Å²) in [6.07, 6.45) is 2.64. The van der Waals surface area contributed by atoms with Gasteiger partial charge < -0.3 is 4.90 Å². The fraction of sp³-hybridized carbons (Fsp3) is 0.538. The van der Waals surface area contributed by atoms with Crippen molar-refractivity contribution < 1.29 is 0 Å². The van der Waals surface area contributed by atoms with Crippen molar-refractivity contribution >= 4 is 23.4 Å². The van der Waals surface area contributed by atoms with Crippen LogP contribution in [0.4, 0.5) is 0 Å². The van der Waals surface area contributed by atoms with Gasteiger partial charge in [0.25, 0.3) is 0 Å². The van der Waals surface area contributed by atoms with Gasteiger partial charge in [-0.1, -0.05) is 23.7 Å². The molecule has 1 heterocycles. The van der Waals surface area contributed by atoms with Crippen molar-refractivity contribution in [2.45, 2.75) is 23.8 Å². The third-order valence-corrected chi connectivity index (χ3v) is 4.72. The zero-order chi connectivity index (χ0) is 11.4. The third kappa shape index (κ3) is 3.69. The second-order valence-electron chi connectivity index (χ2n) is 4.44. The summed E-state index contributed by atoms with van der Waals surface area (Å²) in [5, 5.41) is 1.68. The lowest BCUT2D eigenvalue weighted by Gasteiger charge is -2.28. The summed E-state index contributed by atoms with van der Waals surface area (Å²) in [5.41, 5.74) is 1.34. The van der Waals surface area contributed by atoms with Crippen LogP contribution in [0.5, 0.6) is 0 Å². The number of hydrogen-bond acceptors (Lipinski definition) is 2. The van der Waals surface area contributed by atoms with Crippen LogP contribution in [0.1, 0.15) is 18.4 Å². The van der Waals surface area contributed by atoms with Crippen LogP contribution in [0.15, 0.2) is 24.3 Å². The van der Waals surface area contributed by atoms with Gasteiger partial charge in [0.2, 0.25) is 0 Å². The molecule has 1 aromatic carbocycles. The molecule has 0 atom stereocenters. The van der Waals surface area contributed by atoms with E-state index >= 15 is 0 Å². The second-order valence-corrected chi connectivity index (χ2v) is 6.17. The van der Waals surface area contributed by atoms with E-state index in [0.717, 1.165) is 16.0 Å². The average molecular weight is 256 g/mol. The average Bonchev–Trinajstić information content (AvgIpc) is 2.28. The zero-order valence-corrected chi connectivity index (χ0v) is 11.2. The molecule has 0 bridgehead atoms. The van der Waals surface area contributed by atoms with Gasteiger partial charge in [0.15, 0.2) is 0 Å². The lowest BCUT2D eigenvalue weighted by molar-refractivity contribution is 0.282. The van der Waals surface area contributed by atoms with Crippen LogP contribution in [0.3, 0.4) is 0 Å². The molecule has 0 aromatic heterocycles. The molecule has 1 aliphatic rings. The van der Waals surface area contributed by atoms with Gasteiger partial charge in [-0.05, 0) is 50.7 Å². The summed E-state index contributed by atoms with van der Waals surface area (Å²) >= 11 is 8.05. The first-order valence-electron chi connectivity index (χ1n) is 5.78. The maximum absolute atomic E-state index is 5.97. The van der Waals surface area contributed by atoms with Crippen molar-refractivity contribution in [2.24, 2.45) is 0 Å². The first-order valence-corrected chi connectivity index (χ1v) is 7.21. The number of halogens is 1. The number of benzene rings is 1. The summed E-state index contributed by atoms with van der Waals surface area (Å²) in [4.78, 5) is 2.41. The van der Waals surface area contributed by atoms with E-state index in [4.69, 9.17) is 11.6 Å². The molecule has 1 aliphatic heterocycles. The Morgan fingerprint density at radius 3 is 2.81 bits per heavy atom. The summed E-state index contributed by atoms with van der Waals surface area (Å²) in [7, 11) is 2.21. The molecule has 0 amide bonds. The van der Waals surface area contributed by atoms with Crippen molar-refractivity contribution in [1.82, 2.24) is 4.90 Å². The molecule has 16 heavy (non-hydrogen) atoms. The van der Waals surface area contributed by atoms with Crippen molar-refractivity contribution in [3.63, 3.8) is 0 Å². The van der Waals surface area contributed by atoms with E-state index in [1.54, 1.807) is 0 Å².